The summed E-state index contributed by atoms with van der Waals surface area (Å²) in [6.07, 6.45) is 9.36. The Morgan fingerprint density at radius 1 is 1.30 bits per heavy atom. The molecule has 0 bridgehead atoms. The highest BCUT2D eigenvalue weighted by Crippen LogP contribution is 2.32. The first kappa shape index (κ1) is 14.4. The molecule has 1 fully saturated rings. The van der Waals surface area contributed by atoms with Gasteiger partial charge >= 0.3 is 0 Å². The number of carbonyl (C=O) groups excluding carboxylic acids is 1. The van der Waals surface area contributed by atoms with Gasteiger partial charge in [-0.1, -0.05) is 0 Å². The van der Waals surface area contributed by atoms with Crippen molar-refractivity contribution in [1.82, 2.24) is 4.90 Å². The van der Waals surface area contributed by atoms with Gasteiger partial charge in [-0.15, -0.1) is 22.9 Å². The second-order valence-electron chi connectivity index (χ2n) is 5.89. The van der Waals surface area contributed by atoms with Crippen molar-refractivity contribution in [2.24, 2.45) is 0 Å². The minimum absolute atomic E-state index is 0.249. The summed E-state index contributed by atoms with van der Waals surface area (Å²) in [6.45, 7) is 0.815. The molecule has 2 aliphatic carbocycles. The molecule has 1 aromatic rings. The van der Waals surface area contributed by atoms with Crippen LogP contribution in [0.25, 0.3) is 0 Å². The van der Waals surface area contributed by atoms with Gasteiger partial charge in [0.15, 0.2) is 0 Å². The third kappa shape index (κ3) is 2.89. The number of fused-ring (bicyclic) bond motifs is 1. The van der Waals surface area contributed by atoms with Crippen molar-refractivity contribution in [2.45, 2.75) is 57.4 Å². The quantitative estimate of drug-likeness (QED) is 0.744. The fourth-order valence-electron chi connectivity index (χ4n) is 3.12. The van der Waals surface area contributed by atoms with Crippen LogP contribution in [-0.4, -0.2) is 29.3 Å². The summed E-state index contributed by atoms with van der Waals surface area (Å²) in [5.74, 6) is 0.886. The van der Waals surface area contributed by atoms with Crippen LogP contribution in [0.15, 0.2) is 6.07 Å². The van der Waals surface area contributed by atoms with Gasteiger partial charge in [-0.3, -0.25) is 4.79 Å². The van der Waals surface area contributed by atoms with E-state index < -0.39 is 0 Å². The fraction of sp³-hybridized carbons (Fsp3) is 0.688. The lowest BCUT2D eigenvalue weighted by Gasteiger charge is -2.37. The number of amides is 1. The minimum atomic E-state index is 0.249. The molecule has 0 atom stereocenters. The summed E-state index contributed by atoms with van der Waals surface area (Å²) >= 11 is 7.54. The van der Waals surface area contributed by atoms with Gasteiger partial charge in [0.2, 0.25) is 0 Å². The van der Waals surface area contributed by atoms with E-state index in [-0.39, 0.29) is 5.91 Å². The lowest BCUT2D eigenvalue weighted by molar-refractivity contribution is 0.0586. The number of hydrogen-bond acceptors (Lipinski definition) is 2. The molecular formula is C16H22ClNOS. The number of nitrogens with zero attached hydrogens (tertiary/aromatic N) is 1. The van der Waals surface area contributed by atoms with Crippen molar-refractivity contribution in [3.8, 4) is 0 Å². The van der Waals surface area contributed by atoms with Gasteiger partial charge in [-0.2, -0.15) is 0 Å². The normalized spacial score (nSPS) is 18.4. The summed E-state index contributed by atoms with van der Waals surface area (Å²) in [7, 11) is 0. The summed E-state index contributed by atoms with van der Waals surface area (Å²) < 4.78 is 0. The smallest absolute Gasteiger partial charge is 0.264 e. The van der Waals surface area contributed by atoms with Crippen LogP contribution in [-0.2, 0) is 12.8 Å². The lowest BCUT2D eigenvalue weighted by Crippen LogP contribution is -2.44. The number of rotatable bonds is 5. The van der Waals surface area contributed by atoms with Gasteiger partial charge in [0.25, 0.3) is 5.91 Å². The third-order valence-corrected chi connectivity index (χ3v) is 6.01. The first-order chi connectivity index (χ1) is 9.79. The van der Waals surface area contributed by atoms with Gasteiger partial charge in [0.05, 0.1) is 4.88 Å². The van der Waals surface area contributed by atoms with Crippen LogP contribution in [0, 0.1) is 0 Å². The number of carbonyl (C=O) groups is 1. The van der Waals surface area contributed by atoms with E-state index in [4.69, 9.17) is 11.6 Å². The van der Waals surface area contributed by atoms with Crippen molar-refractivity contribution in [3.63, 3.8) is 0 Å². The Hall–Kier alpha value is -0.540. The van der Waals surface area contributed by atoms with Crippen LogP contribution in [0.5, 0.6) is 0 Å². The molecule has 2 nitrogen and oxygen atoms in total. The summed E-state index contributed by atoms with van der Waals surface area (Å²) in [5, 5.41) is 0. The van der Waals surface area contributed by atoms with Crippen molar-refractivity contribution >= 4 is 28.8 Å². The topological polar surface area (TPSA) is 20.3 Å². The monoisotopic (exact) mass is 311 g/mol. The molecule has 2 aliphatic rings. The van der Waals surface area contributed by atoms with Crippen molar-refractivity contribution < 1.29 is 4.79 Å². The molecule has 1 heterocycles. The van der Waals surface area contributed by atoms with E-state index in [0.29, 0.717) is 11.9 Å². The Kier molecular flexibility index (Phi) is 4.67. The molecular weight excluding hydrogens is 290 g/mol. The first-order valence-corrected chi connectivity index (χ1v) is 9.13. The van der Waals surface area contributed by atoms with Gasteiger partial charge < -0.3 is 4.90 Å². The number of hydrogen-bond donors (Lipinski definition) is 0. The average Bonchev–Trinajstić information content (AvgIpc) is 2.84. The van der Waals surface area contributed by atoms with Crippen LogP contribution in [0.1, 0.15) is 58.6 Å². The molecule has 3 rings (SSSR count). The Morgan fingerprint density at radius 3 is 2.75 bits per heavy atom. The van der Waals surface area contributed by atoms with Gasteiger partial charge in [0.1, 0.15) is 0 Å². The number of halogens is 1. The van der Waals surface area contributed by atoms with E-state index in [0.717, 1.165) is 24.3 Å². The third-order valence-electron chi connectivity index (χ3n) is 4.52. The lowest BCUT2D eigenvalue weighted by atomic mass is 9.91. The molecule has 0 unspecified atom stereocenters. The van der Waals surface area contributed by atoms with E-state index in [1.54, 1.807) is 11.3 Å². The highest BCUT2D eigenvalue weighted by Gasteiger charge is 2.30. The zero-order valence-electron chi connectivity index (χ0n) is 11.9. The van der Waals surface area contributed by atoms with Crippen LogP contribution >= 0.6 is 22.9 Å². The SMILES string of the molecule is O=C(c1cc2c(s1)CCCC2)N(CCCCl)C1CCC1. The molecule has 0 aliphatic heterocycles. The average molecular weight is 312 g/mol. The van der Waals surface area contributed by atoms with Gasteiger partial charge in [-0.25, -0.2) is 0 Å². The highest BCUT2D eigenvalue weighted by atomic mass is 35.5. The van der Waals surface area contributed by atoms with Crippen LogP contribution in [0.3, 0.4) is 0 Å². The van der Waals surface area contributed by atoms with Crippen LogP contribution < -0.4 is 0 Å². The summed E-state index contributed by atoms with van der Waals surface area (Å²) in [6, 6.07) is 2.62. The number of aryl methyl sites for hydroxylation is 2. The minimum Gasteiger partial charge on any atom is -0.335 e. The maximum Gasteiger partial charge on any atom is 0.264 e. The standard InChI is InChI=1S/C16H22ClNOS/c17-9-4-10-18(13-6-3-7-13)16(19)15-11-12-5-1-2-8-14(12)20-15/h11,13H,1-10H2. The zero-order chi connectivity index (χ0) is 13.9. The second-order valence-corrected chi connectivity index (χ2v) is 7.41. The van der Waals surface area contributed by atoms with E-state index in [1.807, 2.05) is 0 Å². The molecule has 4 heteroatoms. The predicted octanol–water partition coefficient (Wildman–Crippen LogP) is 4.25. The Balaban J connectivity index is 1.75. The maximum atomic E-state index is 12.8. The molecule has 0 spiro atoms. The zero-order valence-corrected chi connectivity index (χ0v) is 13.4. The van der Waals surface area contributed by atoms with Crippen molar-refractivity contribution in [1.29, 1.82) is 0 Å². The van der Waals surface area contributed by atoms with Crippen molar-refractivity contribution in [3.05, 3.63) is 21.4 Å². The van der Waals surface area contributed by atoms with Crippen molar-refractivity contribution in [2.75, 3.05) is 12.4 Å². The molecule has 1 aromatic heterocycles. The highest BCUT2D eigenvalue weighted by molar-refractivity contribution is 7.14. The second kappa shape index (κ2) is 6.48. The Labute approximate surface area is 130 Å². The first-order valence-electron chi connectivity index (χ1n) is 7.78. The Morgan fingerprint density at radius 2 is 2.10 bits per heavy atom. The van der Waals surface area contributed by atoms with E-state index in [1.165, 1.54) is 49.0 Å². The van der Waals surface area contributed by atoms with E-state index in [2.05, 4.69) is 11.0 Å². The molecule has 0 radical (unpaired) electrons. The molecule has 1 saturated carbocycles. The molecule has 0 saturated heterocycles. The van der Waals surface area contributed by atoms with E-state index >= 15 is 0 Å². The van der Waals surface area contributed by atoms with Gasteiger partial charge in [-0.05, 0) is 63.0 Å². The number of thiophene rings is 1. The van der Waals surface area contributed by atoms with E-state index in [9.17, 15) is 4.79 Å². The maximum absolute atomic E-state index is 12.8. The van der Waals surface area contributed by atoms with Gasteiger partial charge in [0, 0.05) is 23.3 Å². The largest absolute Gasteiger partial charge is 0.335 e. The predicted molar refractivity (Wildman–Crippen MR) is 85.0 cm³/mol. The fourth-order valence-corrected chi connectivity index (χ4v) is 4.45. The van der Waals surface area contributed by atoms with Crippen LogP contribution in [0.4, 0.5) is 0 Å². The molecule has 110 valence electrons. The molecule has 1 amide bonds. The summed E-state index contributed by atoms with van der Waals surface area (Å²) in [4.78, 5) is 17.3. The Bertz CT molecular complexity index is 457. The summed E-state index contributed by atoms with van der Waals surface area (Å²) in [5.41, 5.74) is 1.43. The number of alkyl halides is 1. The molecule has 0 N–H and O–H groups in total. The molecule has 0 aromatic carbocycles. The van der Waals surface area contributed by atoms with Crippen LogP contribution in [0.2, 0.25) is 0 Å². The molecule has 20 heavy (non-hydrogen) atoms.